The minimum atomic E-state index is -0.280. The smallest absolute Gasteiger partial charge is 0.165 e. The Labute approximate surface area is 130 Å². The first-order valence-corrected chi connectivity index (χ1v) is 7.77. The van der Waals surface area contributed by atoms with Crippen LogP contribution in [0, 0.1) is 11.7 Å². The lowest BCUT2D eigenvalue weighted by Gasteiger charge is -2.32. The summed E-state index contributed by atoms with van der Waals surface area (Å²) in [5.74, 6) is 0.588. The van der Waals surface area contributed by atoms with Gasteiger partial charge >= 0.3 is 0 Å². The van der Waals surface area contributed by atoms with Crippen molar-refractivity contribution in [2.75, 3.05) is 26.2 Å². The topological polar surface area (TPSA) is 36.5 Å². The van der Waals surface area contributed by atoms with Crippen molar-refractivity contribution < 1.29 is 9.13 Å². The van der Waals surface area contributed by atoms with Crippen molar-refractivity contribution in [1.82, 2.24) is 15.8 Å². The Balaban J connectivity index is 1.41. The molecule has 0 aromatic heterocycles. The summed E-state index contributed by atoms with van der Waals surface area (Å²) in [5, 5.41) is 0. The van der Waals surface area contributed by atoms with Crippen molar-refractivity contribution in [3.8, 4) is 5.75 Å². The third kappa shape index (κ3) is 4.01. The van der Waals surface area contributed by atoms with Gasteiger partial charge in [-0.1, -0.05) is 12.1 Å². The van der Waals surface area contributed by atoms with Crippen molar-refractivity contribution in [3.05, 3.63) is 54.1 Å². The largest absolute Gasteiger partial charge is 0.490 e. The van der Waals surface area contributed by atoms with Crippen molar-refractivity contribution in [3.63, 3.8) is 0 Å². The molecule has 3 rings (SSSR count). The van der Waals surface area contributed by atoms with Crippen molar-refractivity contribution >= 4 is 0 Å². The number of para-hydroxylation sites is 1. The number of nitrogens with zero attached hydrogens (tertiary/aromatic N) is 1. The molecule has 1 saturated heterocycles. The van der Waals surface area contributed by atoms with Gasteiger partial charge in [-0.05, 0) is 55.6 Å². The van der Waals surface area contributed by atoms with E-state index < -0.39 is 0 Å². The van der Waals surface area contributed by atoms with Gasteiger partial charge in [-0.25, -0.2) is 4.39 Å². The van der Waals surface area contributed by atoms with E-state index in [-0.39, 0.29) is 5.82 Å². The summed E-state index contributed by atoms with van der Waals surface area (Å²) in [6, 6.07) is 6.61. The fourth-order valence-corrected chi connectivity index (χ4v) is 2.82. The summed E-state index contributed by atoms with van der Waals surface area (Å²) < 4.78 is 19.1. The predicted octanol–water partition coefficient (Wildman–Crippen LogP) is 2.42. The van der Waals surface area contributed by atoms with Gasteiger partial charge in [0.2, 0.25) is 0 Å². The minimum Gasteiger partial charge on any atom is -0.490 e. The van der Waals surface area contributed by atoms with E-state index in [2.05, 4.69) is 21.8 Å². The Hall–Kier alpha value is -2.01. The summed E-state index contributed by atoms with van der Waals surface area (Å²) >= 11 is 0. The van der Waals surface area contributed by atoms with Crippen LogP contribution in [0.1, 0.15) is 12.8 Å². The van der Waals surface area contributed by atoms with Crippen LogP contribution in [0.25, 0.3) is 0 Å². The van der Waals surface area contributed by atoms with E-state index in [0.29, 0.717) is 18.3 Å². The first-order valence-electron chi connectivity index (χ1n) is 7.77. The standard InChI is InChI=1S/C17H22FN3O/c18-16-3-1-2-4-17(16)22-13-14-6-9-21(10-7-14)12-15-5-8-19-20-11-15/h1-5,8,11,14,19-20H,6-7,9-10,12-13H2. The molecule has 0 amide bonds. The number of hydrogen-bond donors (Lipinski definition) is 2. The molecule has 5 heteroatoms. The van der Waals surface area contributed by atoms with Crippen molar-refractivity contribution in [2.24, 2.45) is 5.92 Å². The predicted molar refractivity (Wildman–Crippen MR) is 84.6 cm³/mol. The van der Waals surface area contributed by atoms with E-state index in [1.54, 1.807) is 18.2 Å². The molecule has 1 fully saturated rings. The van der Waals surface area contributed by atoms with Gasteiger partial charge in [-0.15, -0.1) is 0 Å². The maximum Gasteiger partial charge on any atom is 0.165 e. The number of hydrogen-bond acceptors (Lipinski definition) is 4. The second kappa shape index (κ2) is 7.31. The molecule has 0 atom stereocenters. The van der Waals surface area contributed by atoms with Gasteiger partial charge < -0.3 is 15.6 Å². The summed E-state index contributed by atoms with van der Waals surface area (Å²) in [6.07, 6.45) is 8.18. The summed E-state index contributed by atoms with van der Waals surface area (Å²) in [7, 11) is 0. The molecule has 118 valence electrons. The van der Waals surface area contributed by atoms with Crippen molar-refractivity contribution in [1.29, 1.82) is 0 Å². The monoisotopic (exact) mass is 303 g/mol. The molecule has 0 aliphatic carbocycles. The molecule has 1 aromatic rings. The molecule has 2 aliphatic heterocycles. The lowest BCUT2D eigenvalue weighted by molar-refractivity contribution is 0.146. The molecular formula is C17H22FN3O. The number of nitrogens with one attached hydrogen (secondary N) is 2. The second-order valence-corrected chi connectivity index (χ2v) is 5.80. The van der Waals surface area contributed by atoms with Crippen LogP contribution in [0.5, 0.6) is 5.75 Å². The van der Waals surface area contributed by atoms with Gasteiger partial charge in [-0.3, -0.25) is 4.90 Å². The molecule has 1 aromatic carbocycles. The van der Waals surface area contributed by atoms with E-state index in [0.717, 1.165) is 32.5 Å². The van der Waals surface area contributed by atoms with Gasteiger partial charge in [0.25, 0.3) is 0 Å². The van der Waals surface area contributed by atoms with Crippen LogP contribution in [0.4, 0.5) is 4.39 Å². The molecule has 2 aliphatic rings. The van der Waals surface area contributed by atoms with Gasteiger partial charge in [0.1, 0.15) is 0 Å². The number of rotatable bonds is 5. The fourth-order valence-electron chi connectivity index (χ4n) is 2.82. The van der Waals surface area contributed by atoms with Crippen molar-refractivity contribution in [2.45, 2.75) is 12.8 Å². The highest BCUT2D eigenvalue weighted by Gasteiger charge is 2.20. The molecule has 2 heterocycles. The number of likely N-dealkylation sites (tertiary alicyclic amines) is 1. The van der Waals surface area contributed by atoms with E-state index in [1.165, 1.54) is 11.6 Å². The average Bonchev–Trinajstić information content (AvgIpc) is 2.56. The minimum absolute atomic E-state index is 0.280. The number of halogens is 1. The fraction of sp³-hybridized carbons (Fsp3) is 0.412. The molecule has 4 nitrogen and oxygen atoms in total. The highest BCUT2D eigenvalue weighted by molar-refractivity contribution is 5.23. The normalized spacial score (nSPS) is 19.2. The Bertz CT molecular complexity index is 551. The van der Waals surface area contributed by atoms with Gasteiger partial charge in [0, 0.05) is 18.9 Å². The molecule has 0 unspecified atom stereocenters. The number of hydrazine groups is 1. The van der Waals surface area contributed by atoms with E-state index >= 15 is 0 Å². The Morgan fingerprint density at radius 2 is 2.00 bits per heavy atom. The molecule has 0 spiro atoms. The van der Waals surface area contributed by atoms with Crippen LogP contribution in [-0.4, -0.2) is 31.1 Å². The first-order chi connectivity index (χ1) is 10.8. The molecule has 0 bridgehead atoms. The molecule has 2 N–H and O–H groups in total. The van der Waals surface area contributed by atoms with Crippen LogP contribution in [0.2, 0.25) is 0 Å². The molecule has 0 radical (unpaired) electrons. The molecular weight excluding hydrogens is 281 g/mol. The molecule has 22 heavy (non-hydrogen) atoms. The number of ether oxygens (including phenoxy) is 1. The van der Waals surface area contributed by atoms with Crippen LogP contribution in [0.3, 0.4) is 0 Å². The zero-order valence-electron chi connectivity index (χ0n) is 12.6. The van der Waals surface area contributed by atoms with Crippen LogP contribution < -0.4 is 15.6 Å². The second-order valence-electron chi connectivity index (χ2n) is 5.80. The Kier molecular flexibility index (Phi) is 4.96. The molecule has 0 saturated carbocycles. The highest BCUT2D eigenvalue weighted by Crippen LogP contribution is 2.21. The van der Waals surface area contributed by atoms with Crippen LogP contribution in [-0.2, 0) is 0 Å². The number of piperidine rings is 1. The summed E-state index contributed by atoms with van der Waals surface area (Å²) in [6.45, 7) is 3.68. The number of benzene rings is 1. The zero-order valence-corrected chi connectivity index (χ0v) is 12.6. The average molecular weight is 303 g/mol. The Morgan fingerprint density at radius 3 is 2.73 bits per heavy atom. The lowest BCUT2D eigenvalue weighted by atomic mass is 9.97. The lowest BCUT2D eigenvalue weighted by Crippen LogP contribution is -2.37. The maximum atomic E-state index is 13.5. The van der Waals surface area contributed by atoms with Gasteiger partial charge in [-0.2, -0.15) is 0 Å². The Morgan fingerprint density at radius 1 is 1.18 bits per heavy atom. The van der Waals surface area contributed by atoms with E-state index in [4.69, 9.17) is 4.74 Å². The third-order valence-electron chi connectivity index (χ3n) is 4.15. The highest BCUT2D eigenvalue weighted by atomic mass is 19.1. The van der Waals surface area contributed by atoms with E-state index in [1.807, 2.05) is 12.4 Å². The quantitative estimate of drug-likeness (QED) is 0.876. The maximum absolute atomic E-state index is 13.5. The summed E-state index contributed by atoms with van der Waals surface area (Å²) in [5.41, 5.74) is 7.20. The SMILES string of the molecule is Fc1ccccc1OCC1CCN(CC2=CNNC=C2)CC1. The van der Waals surface area contributed by atoms with Gasteiger partial charge in [0.05, 0.1) is 6.61 Å². The van der Waals surface area contributed by atoms with E-state index in [9.17, 15) is 4.39 Å². The van der Waals surface area contributed by atoms with Crippen LogP contribution >= 0.6 is 0 Å². The third-order valence-corrected chi connectivity index (χ3v) is 4.15. The van der Waals surface area contributed by atoms with Crippen LogP contribution in [0.15, 0.2) is 48.3 Å². The van der Waals surface area contributed by atoms with Gasteiger partial charge in [0.15, 0.2) is 11.6 Å². The first kappa shape index (κ1) is 14.9. The zero-order chi connectivity index (χ0) is 15.2. The summed E-state index contributed by atoms with van der Waals surface area (Å²) in [4.78, 5) is 2.45.